The minimum atomic E-state index is -1.35. The molecular weight excluding hydrogens is 1970 g/mol. The normalized spacial score (nSPS) is 15.6. The van der Waals surface area contributed by atoms with Crippen LogP contribution in [0.15, 0.2) is 269 Å². The van der Waals surface area contributed by atoms with E-state index in [0.717, 1.165) is 35.3 Å². The van der Waals surface area contributed by atoms with Crippen LogP contribution < -0.4 is 39.6 Å². The fourth-order valence-electron chi connectivity index (χ4n) is 14.6. The maximum atomic E-state index is 9.36. The Bertz CT molecular complexity index is 5870. The van der Waals surface area contributed by atoms with Crippen molar-refractivity contribution in [2.45, 2.75) is 314 Å². The van der Waals surface area contributed by atoms with Crippen molar-refractivity contribution in [2.75, 3.05) is 0 Å². The van der Waals surface area contributed by atoms with Crippen LogP contribution in [0.25, 0.3) is 30.3 Å². The van der Waals surface area contributed by atoms with Gasteiger partial charge >= 0.3 is 56.5 Å². The molecule has 19 rings (SSSR count). The first-order valence-corrected chi connectivity index (χ1v) is 58.7. The Morgan fingerprint density at radius 2 is 0.648 bits per heavy atom. The third kappa shape index (κ3) is 40.8. The lowest BCUT2D eigenvalue weighted by Gasteiger charge is -2.32. The second-order valence-corrected chi connectivity index (χ2v) is 50.3. The molecule has 0 atom stereocenters. The summed E-state index contributed by atoms with van der Waals surface area (Å²) >= 11 is 15.1. The van der Waals surface area contributed by atoms with Gasteiger partial charge in [-0.15, -0.1) is 56.7 Å². The zero-order valence-electron chi connectivity index (χ0n) is 90.3. The molecule has 4 saturated heterocycles. The largest absolute Gasteiger partial charge is 0.505 e. The Labute approximate surface area is 907 Å². The molecule has 145 heavy (non-hydrogen) atoms. The molecule has 6 N–H and O–H groups in total. The SMILES string of the molecule is CB(O)c1ccccc1.CC1(C)OB(c2cc3ccccc3s2)OC1(C)C.CC1(C)OB(c2ccccc2)OC1(C)C.CC1(C)OB(c2cccs2)OC1(C)C.CCCCCCc1csc(B(C)O)c1.CCCCCCc1csc(B2OC(C)(C)C(C)(C)O2)c1.CCCCCCc1csc(C)c1.Cc1cc2ccccc2s1.Cc1ccccc1.Cc1cccs1.OB(O)c1cc2ccccc2s1.OB(O)c1cccs1. The summed E-state index contributed by atoms with van der Waals surface area (Å²) in [6.07, 6.45) is 19.6. The number of unbranched alkanes of at least 4 members (excludes halogenated alkanes) is 9. The average Bonchev–Trinajstić information content (AvgIpc) is 1.74. The molecule has 31 heteroatoms. The Hall–Kier alpha value is -6.64. The van der Waals surface area contributed by atoms with Gasteiger partial charge in [-0.2, -0.15) is 45.3 Å². The van der Waals surface area contributed by atoms with Crippen LogP contribution in [0, 0.1) is 27.7 Å². The summed E-state index contributed by atoms with van der Waals surface area (Å²) in [6, 6.07) is 79.1. The predicted molar refractivity (Wildman–Crippen MR) is 643 cm³/mol. The molecule has 0 radical (unpaired) electrons. The van der Waals surface area contributed by atoms with E-state index in [2.05, 4.69) is 284 Å². The Morgan fingerprint density at radius 3 is 1.01 bits per heavy atom. The molecule has 13 heterocycles. The van der Waals surface area contributed by atoms with Gasteiger partial charge in [0.25, 0.3) is 0 Å². The van der Waals surface area contributed by atoms with E-state index in [-0.39, 0.29) is 87.1 Å². The van der Waals surface area contributed by atoms with Crippen LogP contribution >= 0.6 is 102 Å². The van der Waals surface area contributed by atoms with E-state index in [1.807, 2.05) is 150 Å². The van der Waals surface area contributed by atoms with E-state index in [0.29, 0.717) is 9.55 Å². The van der Waals surface area contributed by atoms with E-state index in [9.17, 15) is 5.02 Å². The van der Waals surface area contributed by atoms with Crippen LogP contribution in [0.4, 0.5) is 0 Å². The standard InChI is InChI=1S/C16H27BO2S.C14H17BO2S.C12H17BO2.C11H19BOS.C11H18S.C10H15BO2S.C9H8S.C8H7BO2S.C7H9BO.C7H8.C5H6S.C4H5BO2S/c1-6-7-8-9-10-13-11-14(20-12-13)17-18-15(2,3)16(4,5)19-17;1-13(2)14(3,4)17-15(16-13)12-9-10-7-5-6-8-11(10)18-12;1-11(2)12(3,4)15-13(14-11)10-8-6-5-7-9-10;1-3-4-5-6-7-10-8-11(12(2)13)14-9-10;1-3-4-5-6-7-11-8-10(2)12-9-11;1-9(2)10(3,4)13-11(12-9)8-6-5-7-14-8;1-7-6-8-4-2-3-5-9(8)10-7;10-9(11)8-5-6-3-1-2-4-7(6)12-8;1-8(9)7-5-3-2-4-6-7;1-7-5-3-2-4-6-7;1-5-3-2-4-6-5;6-5(7)4-2-1-3-8-4/h11-12H,6-10H2,1-5H3;5-9H,1-4H3;5-9H,1-4H3;8-9,13H,3-7H2,1-2H3;8-9H,3-7H2,1-2H3;5-7H,1-4H3;2-6H,1H3;1-5,10-11H;2-6,9H,1H3;2-6H,1H3;2-4H,1H3;1-3,6-7H. The minimum Gasteiger partial charge on any atom is -0.447 e. The van der Waals surface area contributed by atoms with E-state index >= 15 is 0 Å². The topological polar surface area (TPSA) is 195 Å². The number of hydrogen-bond donors (Lipinski definition) is 6. The Kier molecular flexibility index (Phi) is 51.6. The summed E-state index contributed by atoms with van der Waals surface area (Å²) < 4.78 is 57.5. The predicted octanol–water partition coefficient (Wildman–Crippen LogP) is 26.1. The summed E-state index contributed by atoms with van der Waals surface area (Å²) in [5.74, 6) is 0. The first kappa shape index (κ1) is 124. The number of benzene rings is 6. The van der Waals surface area contributed by atoms with Gasteiger partial charge < -0.3 is 67.4 Å². The molecule has 4 aliphatic rings. The van der Waals surface area contributed by atoms with Gasteiger partial charge in [0.1, 0.15) is 0 Å². The molecular formula is C114H156B8O14S9. The first-order chi connectivity index (χ1) is 68.7. The molecule has 0 bridgehead atoms. The van der Waals surface area contributed by atoms with Crippen molar-refractivity contribution >= 4 is 228 Å². The Morgan fingerprint density at radius 1 is 0.269 bits per heavy atom. The maximum Gasteiger partial charge on any atom is 0.505 e. The summed E-state index contributed by atoms with van der Waals surface area (Å²) in [4.78, 5) is 4.22. The highest BCUT2D eigenvalue weighted by Gasteiger charge is 2.55. The van der Waals surface area contributed by atoms with Crippen LogP contribution in [-0.4, -0.2) is 131 Å². The van der Waals surface area contributed by atoms with E-state index in [1.165, 1.54) is 181 Å². The molecule has 4 fully saturated rings. The number of aryl methyl sites for hydroxylation is 7. The van der Waals surface area contributed by atoms with Gasteiger partial charge in [-0.1, -0.05) is 280 Å². The molecule has 6 aromatic carbocycles. The van der Waals surface area contributed by atoms with Crippen molar-refractivity contribution < 1.29 is 67.4 Å². The van der Waals surface area contributed by atoms with E-state index in [4.69, 9.17) is 62.4 Å². The molecule has 0 spiro atoms. The van der Waals surface area contributed by atoms with Crippen LogP contribution in [0.3, 0.4) is 0 Å². The van der Waals surface area contributed by atoms with Gasteiger partial charge in [0, 0.05) is 57.4 Å². The van der Waals surface area contributed by atoms with Crippen molar-refractivity contribution in [1.82, 2.24) is 0 Å². The molecule has 15 aromatic rings. The van der Waals surface area contributed by atoms with Crippen LogP contribution in [0.1, 0.15) is 245 Å². The summed E-state index contributed by atoms with van der Waals surface area (Å²) in [7, 11) is -3.52. The third-order valence-electron chi connectivity index (χ3n) is 26.2. The smallest absolute Gasteiger partial charge is 0.447 e. The Balaban J connectivity index is 0.000000196. The molecule has 0 saturated carbocycles. The quantitative estimate of drug-likeness (QED) is 0.0261. The van der Waals surface area contributed by atoms with Crippen molar-refractivity contribution in [2.24, 2.45) is 0 Å². The second kappa shape index (κ2) is 60.6. The lowest BCUT2D eigenvalue weighted by atomic mass is 9.64. The van der Waals surface area contributed by atoms with Crippen molar-refractivity contribution in [3.8, 4) is 0 Å². The van der Waals surface area contributed by atoms with Gasteiger partial charge in [0.15, 0.2) is 0 Å². The highest BCUT2D eigenvalue weighted by Crippen LogP contribution is 2.41. The number of thiophene rings is 9. The van der Waals surface area contributed by atoms with Gasteiger partial charge in [0.2, 0.25) is 0 Å². The number of rotatable bonds is 23. The highest BCUT2D eigenvalue weighted by atomic mass is 32.1. The molecule has 774 valence electrons. The monoisotopic (exact) mass is 2120 g/mol. The first-order valence-electron chi connectivity index (χ1n) is 51.0. The van der Waals surface area contributed by atoms with Crippen LogP contribution in [-0.2, 0) is 56.5 Å². The summed E-state index contributed by atoms with van der Waals surface area (Å²) in [5.41, 5.74) is 5.71. The van der Waals surface area contributed by atoms with Gasteiger partial charge in [0.05, 0.1) is 44.8 Å². The molecule has 4 aliphatic heterocycles. The summed E-state index contributed by atoms with van der Waals surface area (Å²) in [6.45, 7) is 51.5. The minimum absolute atomic E-state index is 0.194. The fourth-order valence-corrected chi connectivity index (χ4v) is 21.8. The van der Waals surface area contributed by atoms with Crippen molar-refractivity contribution in [3.05, 3.63) is 306 Å². The number of hydrogen-bond acceptors (Lipinski definition) is 23. The summed E-state index contributed by atoms with van der Waals surface area (Å²) in [5, 5.41) is 69.4. The van der Waals surface area contributed by atoms with Crippen LogP contribution in [0.5, 0.6) is 0 Å². The zero-order valence-corrected chi connectivity index (χ0v) is 97.7. The van der Waals surface area contributed by atoms with Gasteiger partial charge in [-0.05, 0) is 308 Å². The van der Waals surface area contributed by atoms with Crippen molar-refractivity contribution in [3.63, 3.8) is 0 Å². The van der Waals surface area contributed by atoms with E-state index < -0.39 is 14.2 Å². The molecule has 0 amide bonds. The number of fused-ring (bicyclic) bond motifs is 3. The van der Waals surface area contributed by atoms with Crippen molar-refractivity contribution in [1.29, 1.82) is 0 Å². The van der Waals surface area contributed by atoms with Crippen LogP contribution in [0.2, 0.25) is 13.6 Å². The second-order valence-electron chi connectivity index (χ2n) is 40.7. The van der Waals surface area contributed by atoms with Gasteiger partial charge in [-0.3, -0.25) is 0 Å². The average molecular weight is 2130 g/mol. The molecule has 14 nitrogen and oxygen atoms in total. The molecule has 9 aromatic heterocycles. The van der Waals surface area contributed by atoms with E-state index in [1.54, 1.807) is 87.1 Å². The van der Waals surface area contributed by atoms with Gasteiger partial charge in [-0.25, -0.2) is 0 Å². The third-order valence-corrected chi connectivity index (χ3v) is 35.2. The highest BCUT2D eigenvalue weighted by molar-refractivity contribution is 7.28. The fraction of sp³-hybridized carbons (Fsp3) is 0.421. The maximum absolute atomic E-state index is 9.36. The zero-order chi connectivity index (χ0) is 106. The molecule has 0 aliphatic carbocycles. The molecule has 0 unspecified atom stereocenters. The lowest BCUT2D eigenvalue weighted by Crippen LogP contribution is -2.41. The lowest BCUT2D eigenvalue weighted by molar-refractivity contribution is 0.00578.